The van der Waals surface area contributed by atoms with Crippen LogP contribution in [0.1, 0.15) is 13.8 Å². The van der Waals surface area contributed by atoms with Crippen molar-refractivity contribution in [1.82, 2.24) is 4.31 Å². The second-order valence-electron chi connectivity index (χ2n) is 4.93. The fraction of sp³-hybridized carbons (Fsp3) is 0.333. The summed E-state index contributed by atoms with van der Waals surface area (Å²) in [4.78, 5) is 22.6. The van der Waals surface area contributed by atoms with Crippen LogP contribution in [0.15, 0.2) is 32.7 Å². The van der Waals surface area contributed by atoms with Crippen molar-refractivity contribution in [2.75, 3.05) is 25.5 Å². The Morgan fingerprint density at radius 2 is 1.79 bits per heavy atom. The molecule has 0 saturated carbocycles. The van der Waals surface area contributed by atoms with Crippen LogP contribution in [0.3, 0.4) is 0 Å². The largest absolute Gasteiger partial charge is 0.504 e. The minimum atomic E-state index is -3.88. The molecule has 0 saturated heterocycles. The fourth-order valence-electron chi connectivity index (χ4n) is 2.35. The topological polar surface area (TPSA) is 113 Å². The molecule has 2 aromatic rings. The molecule has 2 rings (SSSR count). The van der Waals surface area contributed by atoms with Gasteiger partial charge in [-0.05, 0) is 12.1 Å². The third-order valence-electron chi connectivity index (χ3n) is 3.65. The zero-order valence-corrected chi connectivity index (χ0v) is 14.3. The molecule has 0 aromatic heterocycles. The summed E-state index contributed by atoms with van der Waals surface area (Å²) in [6, 6.07) is 4.09. The highest BCUT2D eigenvalue weighted by molar-refractivity contribution is 7.89. The van der Waals surface area contributed by atoms with Crippen molar-refractivity contribution in [1.29, 1.82) is 0 Å². The Morgan fingerprint density at radius 3 is 2.33 bits per heavy atom. The molecule has 9 heteroatoms. The second kappa shape index (κ2) is 6.62. The monoisotopic (exact) mass is 354 g/mol. The van der Waals surface area contributed by atoms with Gasteiger partial charge in [0.15, 0.2) is 11.5 Å². The first-order chi connectivity index (χ1) is 11.3. The van der Waals surface area contributed by atoms with Crippen molar-refractivity contribution in [3.05, 3.63) is 38.6 Å². The lowest BCUT2D eigenvalue weighted by atomic mass is 10.2. The lowest BCUT2D eigenvalue weighted by Crippen LogP contribution is -2.34. The van der Waals surface area contributed by atoms with Gasteiger partial charge in [-0.15, -0.1) is 0 Å². The van der Waals surface area contributed by atoms with E-state index in [-0.39, 0.29) is 35.1 Å². The van der Waals surface area contributed by atoms with Gasteiger partial charge in [0, 0.05) is 13.1 Å². The number of hydrogen-bond acceptors (Lipinski definition) is 7. The summed E-state index contributed by atoms with van der Waals surface area (Å²) >= 11 is 0. The number of nitrogens with one attached hydrogen (secondary N) is 1. The number of para-hydroxylation sites is 1. The van der Waals surface area contributed by atoms with Gasteiger partial charge in [0.25, 0.3) is 10.9 Å². The maximum Gasteiger partial charge on any atom is 0.272 e. The number of nitrogens with zero attached hydrogens (tertiary/aromatic N) is 1. The van der Waals surface area contributed by atoms with Gasteiger partial charge in [-0.1, -0.05) is 19.9 Å². The highest BCUT2D eigenvalue weighted by Crippen LogP contribution is 2.35. The molecule has 2 N–H and O–H groups in total. The van der Waals surface area contributed by atoms with Crippen LogP contribution in [-0.2, 0) is 10.0 Å². The van der Waals surface area contributed by atoms with Crippen LogP contribution in [0.5, 0.6) is 11.5 Å². The maximum atomic E-state index is 12.6. The minimum Gasteiger partial charge on any atom is -0.504 e. The van der Waals surface area contributed by atoms with Crippen molar-refractivity contribution >= 4 is 21.4 Å². The van der Waals surface area contributed by atoms with Crippen LogP contribution in [-0.4, -0.2) is 38.0 Å². The van der Waals surface area contributed by atoms with Gasteiger partial charge < -0.3 is 15.2 Å². The number of anilines is 2. The van der Waals surface area contributed by atoms with E-state index >= 15 is 0 Å². The molecule has 24 heavy (non-hydrogen) atoms. The van der Waals surface area contributed by atoms with E-state index in [1.807, 2.05) is 0 Å². The van der Waals surface area contributed by atoms with E-state index in [2.05, 4.69) is 5.32 Å². The highest BCUT2D eigenvalue weighted by Gasteiger charge is 2.28. The van der Waals surface area contributed by atoms with E-state index in [0.29, 0.717) is 0 Å². The van der Waals surface area contributed by atoms with Gasteiger partial charge in [0.2, 0.25) is 10.0 Å². The van der Waals surface area contributed by atoms with E-state index in [1.165, 1.54) is 29.6 Å². The number of methoxy groups -OCH3 is 1. The first-order valence-electron chi connectivity index (χ1n) is 7.25. The van der Waals surface area contributed by atoms with Gasteiger partial charge in [-0.2, -0.15) is 4.31 Å². The molecule has 0 amide bonds. The third-order valence-corrected chi connectivity index (χ3v) is 5.73. The molecule has 130 valence electrons. The smallest absolute Gasteiger partial charge is 0.272 e. The summed E-state index contributed by atoms with van der Waals surface area (Å²) in [6.45, 7) is 3.88. The Kier molecular flexibility index (Phi) is 4.95. The van der Waals surface area contributed by atoms with Gasteiger partial charge >= 0.3 is 0 Å². The molecule has 0 aliphatic carbocycles. The quantitative estimate of drug-likeness (QED) is 0.558. The van der Waals surface area contributed by atoms with Gasteiger partial charge in [-0.25, -0.2) is 8.42 Å². The number of phenolic OH excluding ortho intramolecular Hbond substituents is 1. The van der Waals surface area contributed by atoms with E-state index in [9.17, 15) is 23.1 Å². The summed E-state index contributed by atoms with van der Waals surface area (Å²) < 4.78 is 31.1. The summed E-state index contributed by atoms with van der Waals surface area (Å²) in [7, 11) is -2.64. The van der Waals surface area contributed by atoms with Gasteiger partial charge in [0.1, 0.15) is 10.6 Å². The molecule has 0 fully saturated rings. The molecule has 0 unspecified atom stereocenters. The summed E-state index contributed by atoms with van der Waals surface area (Å²) in [5.41, 5.74) is -1.68. The van der Waals surface area contributed by atoms with Crippen molar-refractivity contribution < 1.29 is 18.3 Å². The molecule has 8 nitrogen and oxygen atoms in total. The van der Waals surface area contributed by atoms with Crippen LogP contribution in [0.4, 0.5) is 11.4 Å². The molecule has 0 aliphatic heterocycles. The van der Waals surface area contributed by atoms with Crippen LogP contribution in [0.2, 0.25) is 0 Å². The molecule has 0 bridgehead atoms. The van der Waals surface area contributed by atoms with E-state index < -0.39 is 26.6 Å². The number of phenols is 1. The molecular formula is C15H18N2O6S. The normalized spacial score (nSPS) is 11.8. The third kappa shape index (κ3) is 2.76. The molecule has 0 aliphatic rings. The minimum absolute atomic E-state index is 0.00590. The van der Waals surface area contributed by atoms with Gasteiger partial charge in [-0.3, -0.25) is 9.59 Å². The van der Waals surface area contributed by atoms with E-state index in [4.69, 9.17) is 4.74 Å². The van der Waals surface area contributed by atoms with Crippen LogP contribution < -0.4 is 20.9 Å². The fourth-order valence-corrected chi connectivity index (χ4v) is 3.91. The molecule has 0 spiro atoms. The lowest BCUT2D eigenvalue weighted by molar-refractivity contribution is 0.408. The number of hydrogen-bond donors (Lipinski definition) is 2. The summed E-state index contributed by atoms with van der Waals surface area (Å²) in [5, 5.41) is 12.9. The van der Waals surface area contributed by atoms with Crippen LogP contribution >= 0.6 is 0 Å². The molecule has 0 radical (unpaired) electrons. The highest BCUT2D eigenvalue weighted by atomic mass is 32.2. The average Bonchev–Trinajstić information content (AvgIpc) is 2.56. The summed E-state index contributed by atoms with van der Waals surface area (Å²) in [5.74, 6) is -0.684. The van der Waals surface area contributed by atoms with Gasteiger partial charge in [0.05, 0.1) is 12.8 Å². The summed E-state index contributed by atoms with van der Waals surface area (Å²) in [6.07, 6.45) is 0. The first-order valence-corrected chi connectivity index (χ1v) is 8.70. The first kappa shape index (κ1) is 18.0. The van der Waals surface area contributed by atoms with E-state index in [1.54, 1.807) is 13.8 Å². The lowest BCUT2D eigenvalue weighted by Gasteiger charge is -2.20. The van der Waals surface area contributed by atoms with Crippen molar-refractivity contribution in [3.63, 3.8) is 0 Å². The van der Waals surface area contributed by atoms with Crippen LogP contribution in [0.25, 0.3) is 0 Å². The number of aromatic hydroxyl groups is 1. The number of ether oxygens (including phenoxy) is 1. The standard InChI is InChI=1S/C15H18N2O6S/c1-4-17(5-2)24(21,22)10-8-6-7-9(12(10)18)16-11-13(19)14(20)15(11)23-3/h6-8,16,18H,4-5H2,1-3H3. The average molecular weight is 354 g/mol. The Morgan fingerprint density at radius 1 is 1.17 bits per heavy atom. The molecular weight excluding hydrogens is 336 g/mol. The Balaban J connectivity index is 2.48. The zero-order chi connectivity index (χ0) is 18.1. The predicted molar refractivity (Wildman–Crippen MR) is 89.4 cm³/mol. The molecule has 2 aromatic carbocycles. The Bertz CT molecular complexity index is 924. The second-order valence-corrected chi connectivity index (χ2v) is 6.84. The number of rotatable bonds is 7. The Labute approximate surface area is 139 Å². The van der Waals surface area contributed by atoms with Crippen molar-refractivity contribution in [3.8, 4) is 11.5 Å². The maximum absolute atomic E-state index is 12.6. The Hall–Kier alpha value is -2.39. The number of benzene rings is 1. The van der Waals surface area contributed by atoms with Crippen molar-refractivity contribution in [2.45, 2.75) is 18.7 Å². The van der Waals surface area contributed by atoms with E-state index in [0.717, 1.165) is 0 Å². The number of sulfonamides is 1. The van der Waals surface area contributed by atoms with Crippen LogP contribution in [0, 0.1) is 0 Å². The molecule has 0 atom stereocenters. The zero-order valence-electron chi connectivity index (χ0n) is 13.5. The SMILES string of the molecule is CCN(CC)S(=O)(=O)c1cccc(Nc2c(OC)c(=O)c2=O)c1O. The molecule has 0 heterocycles. The van der Waals surface area contributed by atoms with Crippen molar-refractivity contribution in [2.24, 2.45) is 0 Å². The predicted octanol–water partition coefficient (Wildman–Crippen LogP) is 0.771.